The van der Waals surface area contributed by atoms with E-state index in [9.17, 15) is 4.79 Å². The summed E-state index contributed by atoms with van der Waals surface area (Å²) < 4.78 is 0.0684. The van der Waals surface area contributed by atoms with Crippen LogP contribution in [0.15, 0.2) is 22.2 Å². The largest absolute Gasteiger partial charge is 0.477 e. The van der Waals surface area contributed by atoms with Crippen molar-refractivity contribution in [3.05, 3.63) is 22.2 Å². The molecular weight excluding hydrogens is 220 g/mol. The number of carboxylic acids is 1. The zero-order chi connectivity index (χ0) is 9.56. The van der Waals surface area contributed by atoms with Crippen LogP contribution in [0.3, 0.4) is 0 Å². The van der Waals surface area contributed by atoms with Crippen LogP contribution in [-0.2, 0) is 4.79 Å². The molecule has 0 amide bonds. The Morgan fingerprint density at radius 2 is 2.17 bits per heavy atom. The number of carboxylic acid groups (broad SMARTS) is 1. The minimum Gasteiger partial charge on any atom is -0.477 e. The fourth-order valence-electron chi connectivity index (χ4n) is 0.347. The SMILES string of the molecule is C/C=C(/C)C#C/C=C(/Br)C(=O)O. The summed E-state index contributed by atoms with van der Waals surface area (Å²) >= 11 is 2.85. The van der Waals surface area contributed by atoms with E-state index >= 15 is 0 Å². The van der Waals surface area contributed by atoms with Gasteiger partial charge in [0, 0.05) is 6.08 Å². The average Bonchev–Trinajstić information content (AvgIpc) is 2.03. The third-order valence-corrected chi connectivity index (χ3v) is 1.67. The monoisotopic (exact) mass is 228 g/mol. The lowest BCUT2D eigenvalue weighted by Crippen LogP contribution is -1.91. The van der Waals surface area contributed by atoms with Gasteiger partial charge in [-0.3, -0.25) is 0 Å². The van der Waals surface area contributed by atoms with Crippen LogP contribution >= 0.6 is 15.9 Å². The summed E-state index contributed by atoms with van der Waals surface area (Å²) in [7, 11) is 0. The normalized spacial score (nSPS) is 11.9. The van der Waals surface area contributed by atoms with E-state index in [1.54, 1.807) is 0 Å². The third-order valence-electron chi connectivity index (χ3n) is 1.11. The van der Waals surface area contributed by atoms with Crippen LogP contribution in [0.4, 0.5) is 0 Å². The van der Waals surface area contributed by atoms with Crippen molar-refractivity contribution in [2.75, 3.05) is 0 Å². The molecule has 0 aliphatic rings. The number of allylic oxidation sites excluding steroid dienone is 3. The maximum atomic E-state index is 10.2. The van der Waals surface area contributed by atoms with E-state index in [4.69, 9.17) is 5.11 Å². The van der Waals surface area contributed by atoms with Crippen LogP contribution in [-0.4, -0.2) is 11.1 Å². The van der Waals surface area contributed by atoms with Crippen LogP contribution in [0.25, 0.3) is 0 Å². The summed E-state index contributed by atoms with van der Waals surface area (Å²) in [5.74, 6) is 4.36. The van der Waals surface area contributed by atoms with Gasteiger partial charge in [-0.1, -0.05) is 17.9 Å². The van der Waals surface area contributed by atoms with Gasteiger partial charge in [-0.25, -0.2) is 4.79 Å². The second kappa shape index (κ2) is 5.62. The summed E-state index contributed by atoms with van der Waals surface area (Å²) in [5, 5.41) is 8.41. The van der Waals surface area contributed by atoms with Gasteiger partial charge >= 0.3 is 5.97 Å². The molecule has 0 aliphatic carbocycles. The molecule has 0 aromatic carbocycles. The lowest BCUT2D eigenvalue weighted by molar-refractivity contribution is -0.131. The number of rotatable bonds is 1. The number of carbonyl (C=O) groups is 1. The Bertz CT molecular complexity index is 289. The van der Waals surface area contributed by atoms with Crippen molar-refractivity contribution >= 4 is 21.9 Å². The first-order valence-electron chi connectivity index (χ1n) is 3.31. The van der Waals surface area contributed by atoms with Crippen molar-refractivity contribution in [1.29, 1.82) is 0 Å². The predicted molar refractivity (Wildman–Crippen MR) is 51.9 cm³/mol. The lowest BCUT2D eigenvalue weighted by Gasteiger charge is -1.83. The molecule has 3 heteroatoms. The van der Waals surface area contributed by atoms with Crippen molar-refractivity contribution in [1.82, 2.24) is 0 Å². The van der Waals surface area contributed by atoms with Crippen molar-refractivity contribution in [3.8, 4) is 11.8 Å². The molecule has 0 rings (SSSR count). The van der Waals surface area contributed by atoms with E-state index in [2.05, 4.69) is 27.8 Å². The molecule has 0 fully saturated rings. The molecule has 64 valence electrons. The van der Waals surface area contributed by atoms with E-state index in [1.807, 2.05) is 19.9 Å². The molecule has 0 aromatic heterocycles. The Balaban J connectivity index is 4.37. The molecule has 12 heavy (non-hydrogen) atoms. The van der Waals surface area contributed by atoms with Crippen LogP contribution in [0.1, 0.15) is 13.8 Å². The fourth-order valence-corrected chi connectivity index (χ4v) is 0.462. The minimum absolute atomic E-state index is 0.0684. The summed E-state index contributed by atoms with van der Waals surface area (Å²) in [5.41, 5.74) is 0.914. The molecule has 2 nitrogen and oxygen atoms in total. The second-order valence-corrected chi connectivity index (χ2v) is 2.89. The summed E-state index contributed by atoms with van der Waals surface area (Å²) in [6, 6.07) is 0. The predicted octanol–water partition coefficient (Wildman–Crippen LogP) is 2.32. The van der Waals surface area contributed by atoms with E-state index < -0.39 is 5.97 Å². The van der Waals surface area contributed by atoms with E-state index in [-0.39, 0.29) is 4.48 Å². The van der Waals surface area contributed by atoms with E-state index in [0.29, 0.717) is 0 Å². The molecule has 0 atom stereocenters. The van der Waals surface area contributed by atoms with Gasteiger partial charge in [-0.2, -0.15) is 0 Å². The standard InChI is InChI=1S/C9H9BrO2/c1-3-7(2)5-4-6-8(10)9(11)12/h3,6H,1-2H3,(H,11,12)/b7-3-,8-6+. The minimum atomic E-state index is -1.01. The van der Waals surface area contributed by atoms with Crippen molar-refractivity contribution in [2.24, 2.45) is 0 Å². The summed E-state index contributed by atoms with van der Waals surface area (Å²) in [4.78, 5) is 10.2. The van der Waals surface area contributed by atoms with Crippen molar-refractivity contribution in [2.45, 2.75) is 13.8 Å². The van der Waals surface area contributed by atoms with Crippen molar-refractivity contribution < 1.29 is 9.90 Å². The highest BCUT2D eigenvalue weighted by atomic mass is 79.9. The maximum Gasteiger partial charge on any atom is 0.343 e. The number of hydrogen-bond acceptors (Lipinski definition) is 1. The third kappa shape index (κ3) is 4.75. The van der Waals surface area contributed by atoms with Crippen LogP contribution in [0.5, 0.6) is 0 Å². The topological polar surface area (TPSA) is 37.3 Å². The number of aliphatic carboxylic acids is 1. The first-order valence-corrected chi connectivity index (χ1v) is 4.10. The lowest BCUT2D eigenvalue weighted by atomic mass is 10.3. The van der Waals surface area contributed by atoms with Crippen LogP contribution < -0.4 is 0 Å². The zero-order valence-electron chi connectivity index (χ0n) is 6.89. The van der Waals surface area contributed by atoms with Crippen molar-refractivity contribution in [3.63, 3.8) is 0 Å². The van der Waals surface area contributed by atoms with Gasteiger partial charge in [-0.05, 0) is 35.4 Å². The van der Waals surface area contributed by atoms with Gasteiger partial charge in [0.1, 0.15) is 4.48 Å². The Morgan fingerprint density at radius 1 is 1.58 bits per heavy atom. The van der Waals surface area contributed by atoms with Gasteiger partial charge in [-0.15, -0.1) is 0 Å². The Kier molecular flexibility index (Phi) is 5.14. The molecule has 0 spiro atoms. The van der Waals surface area contributed by atoms with Crippen LogP contribution in [0, 0.1) is 11.8 Å². The van der Waals surface area contributed by atoms with E-state index in [0.717, 1.165) is 5.57 Å². The highest BCUT2D eigenvalue weighted by Gasteiger charge is 1.98. The quantitative estimate of drug-likeness (QED) is 0.553. The molecule has 0 radical (unpaired) electrons. The van der Waals surface area contributed by atoms with Gasteiger partial charge in [0.25, 0.3) is 0 Å². The summed E-state index contributed by atoms with van der Waals surface area (Å²) in [6.45, 7) is 3.73. The molecular formula is C9H9BrO2. The molecule has 0 heterocycles. The van der Waals surface area contributed by atoms with Gasteiger partial charge in [0.05, 0.1) is 0 Å². The molecule has 0 bridgehead atoms. The zero-order valence-corrected chi connectivity index (χ0v) is 8.47. The average molecular weight is 229 g/mol. The van der Waals surface area contributed by atoms with Gasteiger partial charge < -0.3 is 5.11 Å². The van der Waals surface area contributed by atoms with Crippen LogP contribution in [0.2, 0.25) is 0 Å². The van der Waals surface area contributed by atoms with Gasteiger partial charge in [0.15, 0.2) is 0 Å². The molecule has 0 aliphatic heterocycles. The highest BCUT2D eigenvalue weighted by molar-refractivity contribution is 9.12. The first kappa shape index (κ1) is 11.0. The Labute approximate surface area is 80.1 Å². The first-order chi connectivity index (χ1) is 5.57. The second-order valence-electron chi connectivity index (χ2n) is 2.04. The van der Waals surface area contributed by atoms with E-state index in [1.165, 1.54) is 6.08 Å². The molecule has 0 aromatic rings. The molecule has 0 saturated carbocycles. The Hall–Kier alpha value is -1.01. The maximum absolute atomic E-state index is 10.2. The molecule has 0 saturated heterocycles. The summed E-state index contributed by atoms with van der Waals surface area (Å²) in [6.07, 6.45) is 3.17. The molecule has 0 unspecified atom stereocenters. The smallest absolute Gasteiger partial charge is 0.343 e. The highest BCUT2D eigenvalue weighted by Crippen LogP contribution is 2.02. The number of halogens is 1. The van der Waals surface area contributed by atoms with Gasteiger partial charge in [0.2, 0.25) is 0 Å². The Morgan fingerprint density at radius 3 is 2.58 bits per heavy atom. The fraction of sp³-hybridized carbons (Fsp3) is 0.222. The number of hydrogen-bond donors (Lipinski definition) is 1. The molecule has 1 N–H and O–H groups in total.